The normalized spacial score (nSPS) is 12.1. The average Bonchev–Trinajstić information content (AvgIpc) is 2.26. The number of alkyl halides is 3. The van der Waals surface area contributed by atoms with Crippen LogP contribution < -0.4 is 0 Å². The molecule has 0 aromatic heterocycles. The van der Waals surface area contributed by atoms with Gasteiger partial charge in [0, 0.05) is 0 Å². The van der Waals surface area contributed by atoms with E-state index in [1.165, 1.54) is 19.1 Å². The molecule has 0 saturated heterocycles. The molecule has 1 aromatic rings. The van der Waals surface area contributed by atoms with Crippen molar-refractivity contribution in [1.29, 1.82) is 0 Å². The van der Waals surface area contributed by atoms with Crippen molar-refractivity contribution < 1.29 is 18.0 Å². The molecule has 1 aromatic carbocycles. The SMILES string of the molecule is CCCc1cc(C(F)(F)F)ccc1/C=C/C(C)=O. The van der Waals surface area contributed by atoms with Crippen LogP contribution >= 0.6 is 0 Å². The maximum absolute atomic E-state index is 12.6. The van der Waals surface area contributed by atoms with Crippen molar-refractivity contribution in [1.82, 2.24) is 0 Å². The van der Waals surface area contributed by atoms with Gasteiger partial charge < -0.3 is 0 Å². The molecule has 98 valence electrons. The Hall–Kier alpha value is -1.58. The monoisotopic (exact) mass is 256 g/mol. The maximum Gasteiger partial charge on any atom is 0.416 e. The van der Waals surface area contributed by atoms with Crippen LogP contribution in [-0.2, 0) is 17.4 Å². The molecule has 1 rings (SSSR count). The van der Waals surface area contributed by atoms with E-state index in [-0.39, 0.29) is 5.78 Å². The first-order valence-corrected chi connectivity index (χ1v) is 5.73. The number of allylic oxidation sites excluding steroid dienone is 1. The largest absolute Gasteiger partial charge is 0.416 e. The van der Waals surface area contributed by atoms with Crippen molar-refractivity contribution in [3.63, 3.8) is 0 Å². The second-order valence-corrected chi connectivity index (χ2v) is 4.11. The highest BCUT2D eigenvalue weighted by Gasteiger charge is 2.30. The second kappa shape index (κ2) is 5.85. The summed E-state index contributed by atoms with van der Waals surface area (Å²) in [6.45, 7) is 3.30. The zero-order valence-corrected chi connectivity index (χ0v) is 10.3. The van der Waals surface area contributed by atoms with Gasteiger partial charge in [-0.05, 0) is 42.7 Å². The van der Waals surface area contributed by atoms with E-state index in [0.29, 0.717) is 17.5 Å². The third kappa shape index (κ3) is 4.02. The number of aryl methyl sites for hydroxylation is 1. The molecule has 0 fully saturated rings. The quantitative estimate of drug-likeness (QED) is 0.735. The summed E-state index contributed by atoms with van der Waals surface area (Å²) in [4.78, 5) is 10.8. The summed E-state index contributed by atoms with van der Waals surface area (Å²) >= 11 is 0. The number of benzene rings is 1. The second-order valence-electron chi connectivity index (χ2n) is 4.11. The van der Waals surface area contributed by atoms with Crippen LogP contribution in [0.2, 0.25) is 0 Å². The molecule has 0 aliphatic rings. The first-order chi connectivity index (χ1) is 8.34. The minimum absolute atomic E-state index is 0.127. The van der Waals surface area contributed by atoms with Gasteiger partial charge in [0.25, 0.3) is 0 Å². The summed E-state index contributed by atoms with van der Waals surface area (Å²) in [5, 5.41) is 0. The molecule has 0 aliphatic carbocycles. The van der Waals surface area contributed by atoms with Crippen LogP contribution in [0, 0.1) is 0 Å². The lowest BCUT2D eigenvalue weighted by atomic mass is 9.99. The summed E-state index contributed by atoms with van der Waals surface area (Å²) in [5.41, 5.74) is 0.635. The van der Waals surface area contributed by atoms with Gasteiger partial charge >= 0.3 is 6.18 Å². The fraction of sp³-hybridized carbons (Fsp3) is 0.357. The van der Waals surface area contributed by atoms with Gasteiger partial charge in [-0.25, -0.2) is 0 Å². The molecule has 0 aliphatic heterocycles. The van der Waals surface area contributed by atoms with Crippen LogP contribution in [0.5, 0.6) is 0 Å². The van der Waals surface area contributed by atoms with E-state index < -0.39 is 11.7 Å². The van der Waals surface area contributed by atoms with Crippen LogP contribution in [0.1, 0.15) is 37.0 Å². The Morgan fingerprint density at radius 3 is 2.50 bits per heavy atom. The Morgan fingerprint density at radius 2 is 2.00 bits per heavy atom. The van der Waals surface area contributed by atoms with Gasteiger partial charge in [0.1, 0.15) is 0 Å². The summed E-state index contributed by atoms with van der Waals surface area (Å²) in [6.07, 6.45) is -0.0930. The van der Waals surface area contributed by atoms with Crippen molar-refractivity contribution in [2.45, 2.75) is 32.9 Å². The molecule has 0 amide bonds. The zero-order valence-electron chi connectivity index (χ0n) is 10.3. The molecule has 0 bridgehead atoms. The molecule has 0 radical (unpaired) electrons. The van der Waals surface area contributed by atoms with E-state index >= 15 is 0 Å². The summed E-state index contributed by atoms with van der Waals surface area (Å²) in [6, 6.07) is 3.61. The predicted octanol–water partition coefficient (Wildman–Crippen LogP) is 4.26. The van der Waals surface area contributed by atoms with Crippen molar-refractivity contribution in [3.05, 3.63) is 41.0 Å². The molecule has 0 unspecified atom stereocenters. The molecule has 0 heterocycles. The lowest BCUT2D eigenvalue weighted by molar-refractivity contribution is -0.137. The minimum atomic E-state index is -4.33. The van der Waals surface area contributed by atoms with Gasteiger partial charge in [-0.1, -0.05) is 25.5 Å². The number of hydrogen-bond donors (Lipinski definition) is 0. The van der Waals surface area contributed by atoms with Gasteiger partial charge in [-0.15, -0.1) is 0 Å². The van der Waals surface area contributed by atoms with E-state index in [1.54, 1.807) is 6.08 Å². The van der Waals surface area contributed by atoms with E-state index in [4.69, 9.17) is 0 Å². The lowest BCUT2D eigenvalue weighted by Crippen LogP contribution is -2.06. The molecular formula is C14H15F3O. The summed E-state index contributed by atoms with van der Waals surface area (Å²) in [7, 11) is 0. The van der Waals surface area contributed by atoms with Crippen molar-refractivity contribution in [3.8, 4) is 0 Å². The number of hydrogen-bond acceptors (Lipinski definition) is 1. The Morgan fingerprint density at radius 1 is 1.33 bits per heavy atom. The molecule has 1 nitrogen and oxygen atoms in total. The maximum atomic E-state index is 12.6. The Balaban J connectivity index is 3.16. The third-order valence-electron chi connectivity index (χ3n) is 2.49. The molecule has 0 saturated carbocycles. The van der Waals surface area contributed by atoms with Gasteiger partial charge in [-0.3, -0.25) is 4.79 Å². The van der Waals surface area contributed by atoms with Gasteiger partial charge in [0.15, 0.2) is 5.78 Å². The van der Waals surface area contributed by atoms with Crippen LogP contribution in [0.3, 0.4) is 0 Å². The molecule has 4 heteroatoms. The van der Waals surface area contributed by atoms with Gasteiger partial charge in [0.05, 0.1) is 5.56 Å². The minimum Gasteiger partial charge on any atom is -0.295 e. The lowest BCUT2D eigenvalue weighted by Gasteiger charge is -2.11. The Kier molecular flexibility index (Phi) is 4.70. The van der Waals surface area contributed by atoms with Gasteiger partial charge in [0.2, 0.25) is 0 Å². The van der Waals surface area contributed by atoms with Crippen LogP contribution in [0.15, 0.2) is 24.3 Å². The highest BCUT2D eigenvalue weighted by molar-refractivity contribution is 5.91. The van der Waals surface area contributed by atoms with E-state index in [2.05, 4.69) is 0 Å². The van der Waals surface area contributed by atoms with Crippen LogP contribution in [0.25, 0.3) is 6.08 Å². The van der Waals surface area contributed by atoms with E-state index in [9.17, 15) is 18.0 Å². The summed E-state index contributed by atoms with van der Waals surface area (Å²) < 4.78 is 37.7. The number of ketones is 1. The Bertz CT molecular complexity index is 459. The smallest absolute Gasteiger partial charge is 0.295 e. The molecule has 0 atom stereocenters. The molecule has 0 spiro atoms. The van der Waals surface area contributed by atoms with E-state index in [1.807, 2.05) is 6.92 Å². The fourth-order valence-corrected chi connectivity index (χ4v) is 1.64. The highest BCUT2D eigenvalue weighted by atomic mass is 19.4. The summed E-state index contributed by atoms with van der Waals surface area (Å²) in [5.74, 6) is -0.127. The van der Waals surface area contributed by atoms with E-state index in [0.717, 1.165) is 18.6 Å². The van der Waals surface area contributed by atoms with Crippen LogP contribution in [0.4, 0.5) is 13.2 Å². The first kappa shape index (κ1) is 14.5. The van der Waals surface area contributed by atoms with Crippen molar-refractivity contribution >= 4 is 11.9 Å². The first-order valence-electron chi connectivity index (χ1n) is 5.73. The molecular weight excluding hydrogens is 241 g/mol. The topological polar surface area (TPSA) is 17.1 Å². The highest BCUT2D eigenvalue weighted by Crippen LogP contribution is 2.31. The average molecular weight is 256 g/mol. The van der Waals surface area contributed by atoms with Crippen LogP contribution in [-0.4, -0.2) is 5.78 Å². The fourth-order valence-electron chi connectivity index (χ4n) is 1.64. The van der Waals surface area contributed by atoms with Crippen molar-refractivity contribution in [2.75, 3.05) is 0 Å². The number of halogens is 3. The number of carbonyl (C=O) groups excluding carboxylic acids is 1. The predicted molar refractivity (Wildman–Crippen MR) is 65.2 cm³/mol. The Labute approximate surface area is 104 Å². The molecule has 18 heavy (non-hydrogen) atoms. The number of carbonyl (C=O) groups is 1. The zero-order chi connectivity index (χ0) is 13.8. The number of rotatable bonds is 4. The molecule has 0 N–H and O–H groups in total. The van der Waals surface area contributed by atoms with Crippen molar-refractivity contribution in [2.24, 2.45) is 0 Å². The third-order valence-corrected chi connectivity index (χ3v) is 2.49. The standard InChI is InChI=1S/C14H15F3O/c1-3-4-12-9-13(14(15,16)17)8-7-11(12)6-5-10(2)18/h5-9H,3-4H2,1-2H3/b6-5+. The van der Waals surface area contributed by atoms with Gasteiger partial charge in [-0.2, -0.15) is 13.2 Å².